The summed E-state index contributed by atoms with van der Waals surface area (Å²) in [6.45, 7) is 5.74. The highest BCUT2D eigenvalue weighted by Crippen LogP contribution is 2.26. The van der Waals surface area contributed by atoms with Gasteiger partial charge in [-0.3, -0.25) is 9.48 Å². The molecule has 1 aliphatic rings. The Morgan fingerprint density at radius 2 is 1.76 bits per heavy atom. The van der Waals surface area contributed by atoms with Crippen LogP contribution in [0.4, 0.5) is 11.6 Å². The smallest absolute Gasteiger partial charge is 0.257 e. The van der Waals surface area contributed by atoms with Gasteiger partial charge < -0.3 is 15.1 Å². The van der Waals surface area contributed by atoms with Crippen LogP contribution in [-0.4, -0.2) is 63.8 Å². The molecule has 0 bridgehead atoms. The number of fused-ring (bicyclic) bond motifs is 1. The maximum absolute atomic E-state index is 13.1. The highest BCUT2D eigenvalue weighted by atomic mass is 16.1. The fourth-order valence-electron chi connectivity index (χ4n) is 4.25. The van der Waals surface area contributed by atoms with E-state index in [1.54, 1.807) is 23.1 Å². The molecule has 3 aromatic heterocycles. The van der Waals surface area contributed by atoms with Crippen LogP contribution >= 0.6 is 0 Å². The number of anilines is 2. The van der Waals surface area contributed by atoms with Crippen molar-refractivity contribution in [3.63, 3.8) is 0 Å². The molecular formula is C25H27N7O. The minimum absolute atomic E-state index is 0.180. The van der Waals surface area contributed by atoms with Gasteiger partial charge in [0.05, 0.1) is 6.20 Å². The second-order valence-electron chi connectivity index (χ2n) is 8.59. The zero-order valence-corrected chi connectivity index (χ0v) is 19.1. The molecule has 8 nitrogen and oxygen atoms in total. The summed E-state index contributed by atoms with van der Waals surface area (Å²) in [5.74, 6) is 1.22. The SMILES string of the molecule is Cc1c(C(=O)Nc2cc3cc(-c4cnn(C)c4)ccc3cn2)ccnc1N1CCN(C)CC1. The number of pyridine rings is 2. The van der Waals surface area contributed by atoms with Crippen LogP contribution in [0.2, 0.25) is 0 Å². The molecule has 8 heteroatoms. The summed E-state index contributed by atoms with van der Waals surface area (Å²) in [5, 5.41) is 9.24. The first-order valence-corrected chi connectivity index (χ1v) is 11.1. The standard InChI is InChI=1S/C25H27N7O/c1-17-22(6-7-26-24(17)32-10-8-30(2)9-11-32)25(33)29-23-13-20-12-18(4-5-19(20)14-27-23)21-15-28-31(3)16-21/h4-7,12-16H,8-11H2,1-3H3,(H,27,29,33). The number of aryl methyl sites for hydroxylation is 1. The first-order valence-electron chi connectivity index (χ1n) is 11.1. The molecule has 33 heavy (non-hydrogen) atoms. The molecular weight excluding hydrogens is 414 g/mol. The average Bonchev–Trinajstić information content (AvgIpc) is 3.25. The van der Waals surface area contributed by atoms with Gasteiger partial charge in [0.1, 0.15) is 11.6 Å². The molecule has 1 N–H and O–H groups in total. The number of nitrogens with zero attached hydrogens (tertiary/aromatic N) is 6. The third-order valence-corrected chi connectivity index (χ3v) is 6.23. The zero-order valence-electron chi connectivity index (χ0n) is 19.1. The molecule has 0 aliphatic carbocycles. The van der Waals surface area contributed by atoms with Crippen molar-refractivity contribution in [3.05, 3.63) is 66.2 Å². The lowest BCUT2D eigenvalue weighted by atomic mass is 10.0. The van der Waals surface area contributed by atoms with Crippen molar-refractivity contribution in [1.29, 1.82) is 0 Å². The molecule has 1 saturated heterocycles. The van der Waals surface area contributed by atoms with Gasteiger partial charge in [-0.1, -0.05) is 12.1 Å². The lowest BCUT2D eigenvalue weighted by Crippen LogP contribution is -2.45. The van der Waals surface area contributed by atoms with E-state index in [1.807, 2.05) is 38.5 Å². The van der Waals surface area contributed by atoms with Gasteiger partial charge in [-0.05, 0) is 43.1 Å². The predicted octanol–water partition coefficient (Wildman–Crippen LogP) is 3.34. The third-order valence-electron chi connectivity index (χ3n) is 6.23. The topological polar surface area (TPSA) is 79.2 Å². The maximum Gasteiger partial charge on any atom is 0.257 e. The number of aromatic nitrogens is 4. The van der Waals surface area contributed by atoms with Gasteiger partial charge >= 0.3 is 0 Å². The predicted molar refractivity (Wildman–Crippen MR) is 131 cm³/mol. The number of hydrogen-bond acceptors (Lipinski definition) is 6. The summed E-state index contributed by atoms with van der Waals surface area (Å²) in [6, 6.07) is 9.86. The Balaban J connectivity index is 1.39. The van der Waals surface area contributed by atoms with Gasteiger partial charge in [0, 0.05) is 73.9 Å². The van der Waals surface area contributed by atoms with E-state index in [4.69, 9.17) is 0 Å². The number of benzene rings is 1. The lowest BCUT2D eigenvalue weighted by Gasteiger charge is -2.34. The normalized spacial score (nSPS) is 14.6. The van der Waals surface area contributed by atoms with Crippen molar-refractivity contribution in [2.75, 3.05) is 43.4 Å². The van der Waals surface area contributed by atoms with Crippen LogP contribution in [0.15, 0.2) is 55.1 Å². The summed E-state index contributed by atoms with van der Waals surface area (Å²) < 4.78 is 1.78. The number of carbonyl (C=O) groups excluding carboxylic acids is 1. The van der Waals surface area contributed by atoms with E-state index in [0.717, 1.165) is 59.5 Å². The van der Waals surface area contributed by atoms with Crippen LogP contribution in [0.1, 0.15) is 15.9 Å². The summed E-state index contributed by atoms with van der Waals surface area (Å²) >= 11 is 0. The van der Waals surface area contributed by atoms with Crippen molar-refractivity contribution >= 4 is 28.3 Å². The Hall–Kier alpha value is -3.78. The molecule has 5 rings (SSSR count). The highest BCUT2D eigenvalue weighted by Gasteiger charge is 2.20. The number of piperazine rings is 1. The summed E-state index contributed by atoms with van der Waals surface area (Å²) in [5.41, 5.74) is 3.62. The van der Waals surface area contributed by atoms with Crippen LogP contribution in [-0.2, 0) is 7.05 Å². The second-order valence-corrected chi connectivity index (χ2v) is 8.59. The Bertz CT molecular complexity index is 1320. The number of carbonyl (C=O) groups is 1. The molecule has 0 unspecified atom stereocenters. The van der Waals surface area contributed by atoms with E-state index < -0.39 is 0 Å². The van der Waals surface area contributed by atoms with Crippen molar-refractivity contribution in [2.45, 2.75) is 6.92 Å². The van der Waals surface area contributed by atoms with Crippen molar-refractivity contribution in [1.82, 2.24) is 24.6 Å². The number of likely N-dealkylation sites (N-methyl/N-ethyl adjacent to an activating group) is 1. The van der Waals surface area contributed by atoms with Crippen LogP contribution in [0.5, 0.6) is 0 Å². The van der Waals surface area contributed by atoms with E-state index in [9.17, 15) is 4.79 Å². The molecule has 168 valence electrons. The maximum atomic E-state index is 13.1. The average molecular weight is 442 g/mol. The van der Waals surface area contributed by atoms with Crippen LogP contribution < -0.4 is 10.2 Å². The monoisotopic (exact) mass is 441 g/mol. The Morgan fingerprint density at radius 3 is 2.52 bits per heavy atom. The summed E-state index contributed by atoms with van der Waals surface area (Å²) in [4.78, 5) is 26.7. The van der Waals surface area contributed by atoms with Crippen molar-refractivity contribution < 1.29 is 4.79 Å². The Labute approximate surface area is 192 Å². The number of hydrogen-bond donors (Lipinski definition) is 1. The number of rotatable bonds is 4. The van der Waals surface area contributed by atoms with Crippen LogP contribution in [0, 0.1) is 6.92 Å². The zero-order chi connectivity index (χ0) is 22.9. The van der Waals surface area contributed by atoms with Crippen molar-refractivity contribution in [3.8, 4) is 11.1 Å². The molecule has 1 aromatic carbocycles. The molecule has 1 aliphatic heterocycles. The van der Waals surface area contributed by atoms with Crippen molar-refractivity contribution in [2.24, 2.45) is 7.05 Å². The van der Waals surface area contributed by atoms with Gasteiger partial charge in [-0.2, -0.15) is 5.10 Å². The van der Waals surface area contributed by atoms with Gasteiger partial charge in [-0.25, -0.2) is 9.97 Å². The Morgan fingerprint density at radius 1 is 0.939 bits per heavy atom. The van der Waals surface area contributed by atoms with E-state index in [-0.39, 0.29) is 5.91 Å². The van der Waals surface area contributed by atoms with E-state index in [1.165, 1.54) is 0 Å². The first kappa shape index (κ1) is 21.1. The van der Waals surface area contributed by atoms with Gasteiger partial charge in [0.25, 0.3) is 5.91 Å². The van der Waals surface area contributed by atoms with Gasteiger partial charge in [0.15, 0.2) is 0 Å². The minimum atomic E-state index is -0.180. The van der Waals surface area contributed by atoms with Gasteiger partial charge in [-0.15, -0.1) is 0 Å². The quantitative estimate of drug-likeness (QED) is 0.523. The highest BCUT2D eigenvalue weighted by molar-refractivity contribution is 6.06. The van der Waals surface area contributed by atoms with Gasteiger partial charge in [0.2, 0.25) is 0 Å². The number of nitrogens with one attached hydrogen (secondary N) is 1. The number of amides is 1. The van der Waals surface area contributed by atoms with Crippen LogP contribution in [0.25, 0.3) is 21.9 Å². The summed E-state index contributed by atoms with van der Waals surface area (Å²) in [7, 11) is 4.02. The fraction of sp³-hybridized carbons (Fsp3) is 0.280. The molecule has 0 spiro atoms. The molecule has 0 saturated carbocycles. The fourth-order valence-corrected chi connectivity index (χ4v) is 4.25. The lowest BCUT2D eigenvalue weighted by molar-refractivity contribution is 0.102. The van der Waals surface area contributed by atoms with E-state index in [2.05, 4.69) is 49.4 Å². The molecule has 4 heterocycles. The van der Waals surface area contributed by atoms with E-state index >= 15 is 0 Å². The Kier molecular flexibility index (Phi) is 5.51. The largest absolute Gasteiger partial charge is 0.354 e. The minimum Gasteiger partial charge on any atom is -0.354 e. The molecule has 0 radical (unpaired) electrons. The first-order chi connectivity index (χ1) is 16.0. The van der Waals surface area contributed by atoms with E-state index in [0.29, 0.717) is 11.4 Å². The summed E-state index contributed by atoms with van der Waals surface area (Å²) in [6.07, 6.45) is 7.32. The third kappa shape index (κ3) is 4.29. The molecule has 0 atom stereocenters. The van der Waals surface area contributed by atoms with Crippen LogP contribution in [0.3, 0.4) is 0 Å². The molecule has 4 aromatic rings. The molecule has 1 amide bonds. The second kappa shape index (κ2) is 8.63. The molecule has 1 fully saturated rings.